The third-order valence-electron chi connectivity index (χ3n) is 1.82. The average molecular weight is 208 g/mol. The summed E-state index contributed by atoms with van der Waals surface area (Å²) in [5.41, 5.74) is 1.17. The van der Waals surface area contributed by atoms with Crippen LogP contribution in [0.3, 0.4) is 0 Å². The molecular weight excluding hydrogens is 196 g/mol. The fourth-order valence-corrected chi connectivity index (χ4v) is 1.84. The lowest BCUT2D eigenvalue weighted by molar-refractivity contribution is 0.767. The zero-order valence-corrected chi connectivity index (χ0v) is 9.01. The van der Waals surface area contributed by atoms with Crippen molar-refractivity contribution < 1.29 is 0 Å². The molecule has 5 heteroatoms. The van der Waals surface area contributed by atoms with Gasteiger partial charge in [0.2, 0.25) is 0 Å². The minimum Gasteiger partial charge on any atom is -0.357 e. The molecule has 4 nitrogen and oxygen atoms in total. The molecule has 0 atom stereocenters. The predicted octanol–water partition coefficient (Wildman–Crippen LogP) is 1.80. The van der Waals surface area contributed by atoms with Gasteiger partial charge in [-0.15, -0.1) is 11.3 Å². The van der Waals surface area contributed by atoms with Crippen LogP contribution in [0, 0.1) is 6.92 Å². The number of aromatic nitrogens is 3. The van der Waals surface area contributed by atoms with Crippen LogP contribution in [-0.4, -0.2) is 14.8 Å². The lowest BCUT2D eigenvalue weighted by atomic mass is 10.4. The molecule has 0 amide bonds. The van der Waals surface area contributed by atoms with Crippen LogP contribution in [0.1, 0.15) is 10.4 Å². The number of thiazole rings is 1. The van der Waals surface area contributed by atoms with E-state index in [1.54, 1.807) is 16.0 Å². The second-order valence-corrected chi connectivity index (χ2v) is 4.39. The van der Waals surface area contributed by atoms with Crippen LogP contribution in [0.4, 0.5) is 5.13 Å². The Balaban J connectivity index is 1.94. The summed E-state index contributed by atoms with van der Waals surface area (Å²) >= 11 is 1.66. The van der Waals surface area contributed by atoms with Crippen molar-refractivity contribution in [2.24, 2.45) is 7.05 Å². The Morgan fingerprint density at radius 2 is 2.36 bits per heavy atom. The molecule has 0 fully saturated rings. The molecule has 2 aromatic rings. The van der Waals surface area contributed by atoms with Crippen molar-refractivity contribution in [3.05, 3.63) is 29.0 Å². The zero-order chi connectivity index (χ0) is 9.97. The molecule has 14 heavy (non-hydrogen) atoms. The molecule has 0 aliphatic rings. The predicted molar refractivity (Wildman–Crippen MR) is 57.4 cm³/mol. The highest BCUT2D eigenvalue weighted by Gasteiger charge is 1.99. The highest BCUT2D eigenvalue weighted by atomic mass is 32.1. The Kier molecular flexibility index (Phi) is 2.49. The van der Waals surface area contributed by atoms with Crippen molar-refractivity contribution in [3.63, 3.8) is 0 Å². The third-order valence-corrected chi connectivity index (χ3v) is 2.69. The van der Waals surface area contributed by atoms with E-state index < -0.39 is 0 Å². The van der Waals surface area contributed by atoms with Crippen molar-refractivity contribution >= 4 is 16.5 Å². The summed E-state index contributed by atoms with van der Waals surface area (Å²) in [6.07, 6.45) is 5.72. The van der Waals surface area contributed by atoms with Crippen LogP contribution >= 0.6 is 11.3 Å². The number of hydrogen-bond acceptors (Lipinski definition) is 4. The van der Waals surface area contributed by atoms with Gasteiger partial charge >= 0.3 is 0 Å². The molecule has 0 saturated carbocycles. The Hall–Kier alpha value is -1.36. The number of anilines is 1. The van der Waals surface area contributed by atoms with Crippen molar-refractivity contribution in [2.75, 3.05) is 5.32 Å². The molecule has 2 aromatic heterocycles. The van der Waals surface area contributed by atoms with E-state index in [-0.39, 0.29) is 0 Å². The summed E-state index contributed by atoms with van der Waals surface area (Å²) in [5.74, 6) is 0. The first-order valence-electron chi connectivity index (χ1n) is 4.38. The van der Waals surface area contributed by atoms with Crippen molar-refractivity contribution in [1.82, 2.24) is 14.8 Å². The van der Waals surface area contributed by atoms with Gasteiger partial charge in [-0.25, -0.2) is 4.98 Å². The molecule has 2 rings (SSSR count). The summed E-state index contributed by atoms with van der Waals surface area (Å²) in [5, 5.41) is 8.31. The van der Waals surface area contributed by atoms with Gasteiger partial charge in [0, 0.05) is 36.4 Å². The molecule has 0 unspecified atom stereocenters. The van der Waals surface area contributed by atoms with Crippen molar-refractivity contribution in [3.8, 4) is 0 Å². The Morgan fingerprint density at radius 1 is 1.50 bits per heavy atom. The van der Waals surface area contributed by atoms with E-state index in [9.17, 15) is 0 Å². The van der Waals surface area contributed by atoms with E-state index in [0.29, 0.717) is 0 Å². The van der Waals surface area contributed by atoms with Crippen LogP contribution in [0.25, 0.3) is 0 Å². The van der Waals surface area contributed by atoms with Crippen molar-refractivity contribution in [1.29, 1.82) is 0 Å². The molecule has 0 spiro atoms. The first kappa shape index (κ1) is 9.21. The third kappa shape index (κ3) is 2.11. The summed E-state index contributed by atoms with van der Waals surface area (Å²) < 4.78 is 1.80. The monoisotopic (exact) mass is 208 g/mol. The molecule has 0 aromatic carbocycles. The van der Waals surface area contributed by atoms with E-state index in [1.807, 2.05) is 32.6 Å². The van der Waals surface area contributed by atoms with Gasteiger partial charge in [0.1, 0.15) is 0 Å². The SMILES string of the molecule is Cc1cnc(NCc2cnn(C)c2)s1. The molecular formula is C9H12N4S. The highest BCUT2D eigenvalue weighted by Crippen LogP contribution is 2.17. The van der Waals surface area contributed by atoms with Crippen molar-refractivity contribution in [2.45, 2.75) is 13.5 Å². The molecule has 0 radical (unpaired) electrons. The molecule has 0 aliphatic carbocycles. The maximum Gasteiger partial charge on any atom is 0.183 e. The molecule has 2 heterocycles. The van der Waals surface area contributed by atoms with Gasteiger partial charge in [0.25, 0.3) is 0 Å². The lowest BCUT2D eigenvalue weighted by Gasteiger charge is -1.97. The van der Waals surface area contributed by atoms with Gasteiger partial charge in [-0.2, -0.15) is 5.10 Å². The van der Waals surface area contributed by atoms with E-state index in [2.05, 4.69) is 15.4 Å². The number of hydrogen-bond donors (Lipinski definition) is 1. The summed E-state index contributed by atoms with van der Waals surface area (Å²) in [6, 6.07) is 0. The Labute approximate surface area is 86.6 Å². The largest absolute Gasteiger partial charge is 0.357 e. The smallest absolute Gasteiger partial charge is 0.183 e. The minimum atomic E-state index is 0.779. The van der Waals surface area contributed by atoms with Crippen LogP contribution in [0.15, 0.2) is 18.6 Å². The number of aryl methyl sites for hydroxylation is 2. The summed E-state index contributed by atoms with van der Waals surface area (Å²) in [6.45, 7) is 2.83. The van der Waals surface area contributed by atoms with Gasteiger partial charge in [0.15, 0.2) is 5.13 Å². The molecule has 0 bridgehead atoms. The van der Waals surface area contributed by atoms with E-state index in [4.69, 9.17) is 0 Å². The zero-order valence-electron chi connectivity index (χ0n) is 8.19. The summed E-state index contributed by atoms with van der Waals surface area (Å²) in [4.78, 5) is 5.44. The first-order valence-corrected chi connectivity index (χ1v) is 5.19. The lowest BCUT2D eigenvalue weighted by Crippen LogP contribution is -1.97. The maximum absolute atomic E-state index is 4.22. The number of nitrogens with zero attached hydrogens (tertiary/aromatic N) is 3. The minimum absolute atomic E-state index is 0.779. The fraction of sp³-hybridized carbons (Fsp3) is 0.333. The second-order valence-electron chi connectivity index (χ2n) is 3.15. The quantitative estimate of drug-likeness (QED) is 0.836. The molecule has 0 aliphatic heterocycles. The van der Waals surface area contributed by atoms with E-state index in [0.717, 1.165) is 11.7 Å². The summed E-state index contributed by atoms with van der Waals surface area (Å²) in [7, 11) is 1.91. The Bertz CT molecular complexity index is 378. The molecule has 1 N–H and O–H groups in total. The fourth-order valence-electron chi connectivity index (χ4n) is 1.18. The highest BCUT2D eigenvalue weighted by molar-refractivity contribution is 7.15. The number of rotatable bonds is 3. The first-order chi connectivity index (χ1) is 6.74. The number of nitrogens with one attached hydrogen (secondary N) is 1. The topological polar surface area (TPSA) is 42.7 Å². The van der Waals surface area contributed by atoms with Gasteiger partial charge in [0.05, 0.1) is 6.20 Å². The Morgan fingerprint density at radius 3 is 2.93 bits per heavy atom. The maximum atomic E-state index is 4.22. The van der Waals surface area contributed by atoms with Crippen LogP contribution < -0.4 is 5.32 Å². The molecule has 0 saturated heterocycles. The second kappa shape index (κ2) is 3.79. The van der Waals surface area contributed by atoms with Crippen LogP contribution in [0.5, 0.6) is 0 Å². The van der Waals surface area contributed by atoms with Gasteiger partial charge in [-0.1, -0.05) is 0 Å². The van der Waals surface area contributed by atoms with E-state index >= 15 is 0 Å². The molecule has 74 valence electrons. The van der Waals surface area contributed by atoms with Gasteiger partial charge < -0.3 is 5.32 Å². The van der Waals surface area contributed by atoms with Gasteiger partial charge in [-0.3, -0.25) is 4.68 Å². The standard InChI is InChI=1S/C9H12N4S/c1-7-3-10-9(14-7)11-4-8-5-12-13(2)6-8/h3,5-6H,4H2,1-2H3,(H,10,11). The van der Waals surface area contributed by atoms with Gasteiger partial charge in [-0.05, 0) is 6.92 Å². The van der Waals surface area contributed by atoms with Crippen LogP contribution in [0.2, 0.25) is 0 Å². The van der Waals surface area contributed by atoms with Crippen LogP contribution in [-0.2, 0) is 13.6 Å². The normalized spacial score (nSPS) is 10.4. The van der Waals surface area contributed by atoms with E-state index in [1.165, 1.54) is 10.4 Å². The average Bonchev–Trinajstić information content (AvgIpc) is 2.72.